The van der Waals surface area contributed by atoms with Crippen molar-refractivity contribution in [3.8, 4) is 0 Å². The minimum Gasteiger partial charge on any atom is -0.0901 e. The van der Waals surface area contributed by atoms with Crippen molar-refractivity contribution in [2.45, 2.75) is 45.6 Å². The predicted molar refractivity (Wildman–Crippen MR) is 45.2 cm³/mol. The largest absolute Gasteiger partial charge is 0.0901 e. The van der Waals surface area contributed by atoms with Crippen molar-refractivity contribution >= 4 is 0 Å². The Bertz CT molecular complexity index is 180. The smallest absolute Gasteiger partial charge is 0.0425 e. The molecule has 0 aromatic heterocycles. The minimum absolute atomic E-state index is 0.223. The summed E-state index contributed by atoms with van der Waals surface area (Å²) in [5, 5.41) is 3.82. The summed E-state index contributed by atoms with van der Waals surface area (Å²) in [5.41, 5.74) is 8.54. The molecule has 1 fully saturated rings. The Kier molecular flexibility index (Phi) is 2.40. The molecule has 0 aromatic rings. The molecular formula is C8H15N3. The Morgan fingerprint density at radius 2 is 2.18 bits per heavy atom. The molecule has 0 bridgehead atoms. The van der Waals surface area contributed by atoms with E-state index in [9.17, 15) is 0 Å². The first-order chi connectivity index (χ1) is 5.17. The zero-order valence-corrected chi connectivity index (χ0v) is 7.25. The van der Waals surface area contributed by atoms with E-state index in [1.807, 2.05) is 0 Å². The lowest BCUT2D eigenvalue weighted by atomic mass is 9.74. The molecule has 3 heteroatoms. The van der Waals surface area contributed by atoms with Crippen LogP contribution in [0.25, 0.3) is 10.4 Å². The molecule has 0 amide bonds. The third-order valence-corrected chi connectivity index (χ3v) is 2.64. The molecule has 1 atom stereocenters. The molecule has 1 aliphatic carbocycles. The van der Waals surface area contributed by atoms with E-state index >= 15 is 0 Å². The van der Waals surface area contributed by atoms with Crippen molar-refractivity contribution in [2.75, 3.05) is 0 Å². The van der Waals surface area contributed by atoms with Crippen LogP contribution < -0.4 is 0 Å². The van der Waals surface area contributed by atoms with Gasteiger partial charge in [-0.1, -0.05) is 31.8 Å². The normalized spacial score (nSPS) is 29.1. The highest BCUT2D eigenvalue weighted by Gasteiger charge is 2.30. The Hall–Kier alpha value is -0.690. The van der Waals surface area contributed by atoms with Crippen LogP contribution >= 0.6 is 0 Å². The average molecular weight is 153 g/mol. The van der Waals surface area contributed by atoms with Gasteiger partial charge in [0.2, 0.25) is 0 Å². The van der Waals surface area contributed by atoms with E-state index < -0.39 is 0 Å². The molecule has 1 aliphatic rings. The molecule has 0 heterocycles. The fraction of sp³-hybridized carbons (Fsp3) is 1.00. The summed E-state index contributed by atoms with van der Waals surface area (Å²) in [5.74, 6) is 0. The fourth-order valence-electron chi connectivity index (χ4n) is 1.75. The molecule has 62 valence electrons. The number of nitrogens with zero attached hydrogens (tertiary/aromatic N) is 3. The molecule has 1 saturated carbocycles. The molecule has 1 rings (SSSR count). The van der Waals surface area contributed by atoms with Crippen molar-refractivity contribution in [1.29, 1.82) is 0 Å². The van der Waals surface area contributed by atoms with Crippen LogP contribution in [0.4, 0.5) is 0 Å². The molecule has 0 radical (unpaired) electrons. The van der Waals surface area contributed by atoms with Gasteiger partial charge in [0.1, 0.15) is 0 Å². The van der Waals surface area contributed by atoms with Gasteiger partial charge in [-0.2, -0.15) is 0 Å². The Labute approximate surface area is 67.4 Å². The lowest BCUT2D eigenvalue weighted by molar-refractivity contribution is 0.202. The summed E-state index contributed by atoms with van der Waals surface area (Å²) < 4.78 is 0. The van der Waals surface area contributed by atoms with Crippen molar-refractivity contribution in [3.63, 3.8) is 0 Å². The zero-order valence-electron chi connectivity index (χ0n) is 7.25. The highest BCUT2D eigenvalue weighted by molar-refractivity contribution is 4.87. The first kappa shape index (κ1) is 8.41. The molecule has 3 nitrogen and oxygen atoms in total. The first-order valence-corrected chi connectivity index (χ1v) is 4.21. The van der Waals surface area contributed by atoms with E-state index in [2.05, 4.69) is 23.9 Å². The molecule has 0 aromatic carbocycles. The predicted octanol–water partition coefficient (Wildman–Crippen LogP) is 3.27. The van der Waals surface area contributed by atoms with Crippen molar-refractivity contribution in [2.24, 2.45) is 10.5 Å². The summed E-state index contributed by atoms with van der Waals surface area (Å²) in [6.07, 6.45) is 4.76. The summed E-state index contributed by atoms with van der Waals surface area (Å²) in [6.45, 7) is 4.37. The van der Waals surface area contributed by atoms with Crippen molar-refractivity contribution < 1.29 is 0 Å². The maximum Gasteiger partial charge on any atom is 0.0425 e. The highest BCUT2D eigenvalue weighted by atomic mass is 15.2. The fourth-order valence-corrected chi connectivity index (χ4v) is 1.75. The average Bonchev–Trinajstić information content (AvgIpc) is 1.94. The summed E-state index contributed by atoms with van der Waals surface area (Å²) in [6, 6.07) is 0.223. The van der Waals surface area contributed by atoms with Gasteiger partial charge in [-0.15, -0.1) is 0 Å². The van der Waals surface area contributed by atoms with Crippen molar-refractivity contribution in [3.05, 3.63) is 10.4 Å². The van der Waals surface area contributed by atoms with Crippen molar-refractivity contribution in [1.82, 2.24) is 0 Å². The van der Waals surface area contributed by atoms with Crippen LogP contribution in [0.15, 0.2) is 5.11 Å². The molecular weight excluding hydrogens is 138 g/mol. The van der Waals surface area contributed by atoms with Gasteiger partial charge in [-0.25, -0.2) is 0 Å². The summed E-state index contributed by atoms with van der Waals surface area (Å²) in [4.78, 5) is 2.88. The van der Waals surface area contributed by atoms with Gasteiger partial charge in [0.05, 0.1) is 0 Å². The van der Waals surface area contributed by atoms with Crippen LogP contribution in [-0.2, 0) is 0 Å². The maximum absolute atomic E-state index is 8.31. The lowest BCUT2D eigenvalue weighted by Crippen LogP contribution is -2.30. The monoisotopic (exact) mass is 153 g/mol. The third-order valence-electron chi connectivity index (χ3n) is 2.64. The quantitative estimate of drug-likeness (QED) is 0.315. The highest BCUT2D eigenvalue weighted by Crippen LogP contribution is 2.37. The summed E-state index contributed by atoms with van der Waals surface area (Å²) >= 11 is 0. The second-order valence-electron chi connectivity index (χ2n) is 3.96. The number of hydrogen-bond donors (Lipinski definition) is 0. The van der Waals surface area contributed by atoms with Gasteiger partial charge in [0, 0.05) is 11.0 Å². The van der Waals surface area contributed by atoms with E-state index in [4.69, 9.17) is 5.53 Å². The van der Waals surface area contributed by atoms with Crippen LogP contribution in [0.3, 0.4) is 0 Å². The molecule has 11 heavy (non-hydrogen) atoms. The zero-order chi connectivity index (χ0) is 8.32. The Morgan fingerprint density at radius 3 is 2.73 bits per heavy atom. The topological polar surface area (TPSA) is 48.8 Å². The van der Waals surface area contributed by atoms with Gasteiger partial charge in [0.25, 0.3) is 0 Å². The van der Waals surface area contributed by atoms with Crippen LogP contribution in [-0.4, -0.2) is 6.04 Å². The molecule has 0 unspecified atom stereocenters. The van der Waals surface area contributed by atoms with E-state index in [1.165, 1.54) is 19.3 Å². The van der Waals surface area contributed by atoms with Gasteiger partial charge >= 0.3 is 0 Å². The van der Waals surface area contributed by atoms with Gasteiger partial charge in [-0.3, -0.25) is 0 Å². The van der Waals surface area contributed by atoms with Gasteiger partial charge in [0.15, 0.2) is 0 Å². The van der Waals surface area contributed by atoms with E-state index in [0.29, 0.717) is 0 Å². The number of hydrogen-bond acceptors (Lipinski definition) is 1. The standard InChI is InChI=1S/C8H15N3/c1-8(2)6-4-3-5-7(8)10-11-9/h7H,3-6H2,1-2H3/t7-/m0/s1. The Morgan fingerprint density at radius 1 is 1.45 bits per heavy atom. The first-order valence-electron chi connectivity index (χ1n) is 4.21. The van der Waals surface area contributed by atoms with E-state index in [0.717, 1.165) is 6.42 Å². The number of rotatable bonds is 1. The maximum atomic E-state index is 8.31. The lowest BCUT2D eigenvalue weighted by Gasteiger charge is -2.35. The van der Waals surface area contributed by atoms with E-state index in [1.54, 1.807) is 0 Å². The minimum atomic E-state index is 0.223. The molecule has 0 N–H and O–H groups in total. The van der Waals surface area contributed by atoms with Gasteiger partial charge in [-0.05, 0) is 23.8 Å². The third kappa shape index (κ3) is 1.87. The summed E-state index contributed by atoms with van der Waals surface area (Å²) in [7, 11) is 0. The molecule has 0 spiro atoms. The van der Waals surface area contributed by atoms with Gasteiger partial charge < -0.3 is 0 Å². The van der Waals surface area contributed by atoms with Crippen LogP contribution in [0, 0.1) is 5.41 Å². The van der Waals surface area contributed by atoms with Crippen LogP contribution in [0.5, 0.6) is 0 Å². The SMILES string of the molecule is CC1(C)CCCC[C@@H]1N=[N+]=[N-]. The Balaban J connectivity index is 2.66. The second-order valence-corrected chi connectivity index (χ2v) is 3.96. The number of azide groups is 1. The molecule has 0 aliphatic heterocycles. The van der Waals surface area contributed by atoms with Crippen LogP contribution in [0.2, 0.25) is 0 Å². The molecule has 0 saturated heterocycles. The second kappa shape index (κ2) is 3.14. The van der Waals surface area contributed by atoms with Crippen LogP contribution in [0.1, 0.15) is 39.5 Å². The van der Waals surface area contributed by atoms with E-state index in [-0.39, 0.29) is 11.5 Å².